The molecule has 17 heteroatoms. The first-order valence-corrected chi connectivity index (χ1v) is 23.7. The number of carbonyl (C=O) groups excluding carboxylic acids is 3. The fraction of sp³-hybridized carbons (Fsp3) is 0.500. The van der Waals surface area contributed by atoms with E-state index in [2.05, 4.69) is 34.6 Å². The molecular weight excluding hydrogens is 1020 g/mol. The maximum atomic E-state index is 12.1. The van der Waals surface area contributed by atoms with E-state index in [1.54, 1.807) is 91.2 Å². The van der Waals surface area contributed by atoms with Gasteiger partial charge in [0.15, 0.2) is 51.8 Å². The van der Waals surface area contributed by atoms with Gasteiger partial charge in [0.1, 0.15) is 12.6 Å². The van der Waals surface area contributed by atoms with Crippen molar-refractivity contribution in [2.45, 2.75) is 79.8 Å². The maximum Gasteiger partial charge on any atom is 2.00 e. The number of aldehydes is 2. The van der Waals surface area contributed by atoms with Crippen molar-refractivity contribution in [1.29, 1.82) is 0 Å². The maximum absolute atomic E-state index is 12.1. The van der Waals surface area contributed by atoms with E-state index < -0.39 is 6.10 Å². The quantitative estimate of drug-likeness (QED) is 0.0194. The van der Waals surface area contributed by atoms with Crippen molar-refractivity contribution in [2.24, 2.45) is 17.8 Å². The minimum Gasteiger partial charge on any atom is -1.00 e. The van der Waals surface area contributed by atoms with Gasteiger partial charge in [0, 0.05) is 83.5 Å². The fourth-order valence-corrected chi connectivity index (χ4v) is 5.86. The third-order valence-corrected chi connectivity index (χ3v) is 9.26. The van der Waals surface area contributed by atoms with Gasteiger partial charge in [-0.25, -0.2) is 0 Å². The molecule has 0 amide bonds. The van der Waals surface area contributed by atoms with E-state index >= 15 is 0 Å². The molecule has 4 aromatic carbocycles. The van der Waals surface area contributed by atoms with Crippen molar-refractivity contribution in [3.63, 3.8) is 0 Å². The van der Waals surface area contributed by atoms with Gasteiger partial charge in [-0.2, -0.15) is 5.92 Å². The number of Topliss-reactive ketones (excluding diaryl/α,β-unsaturated/α-hetero) is 1. The number of benzene rings is 4. The molecule has 0 saturated heterocycles. The van der Waals surface area contributed by atoms with Gasteiger partial charge in [0.2, 0.25) is 0 Å². The second kappa shape index (κ2) is 44.8. The van der Waals surface area contributed by atoms with Crippen LogP contribution in [0.5, 0.6) is 46.0 Å². The monoisotopic (exact) mass is 1100 g/mol. The van der Waals surface area contributed by atoms with E-state index in [-0.39, 0.29) is 51.6 Å². The van der Waals surface area contributed by atoms with E-state index in [1.165, 1.54) is 13.2 Å². The van der Waals surface area contributed by atoms with Crippen molar-refractivity contribution in [2.75, 3.05) is 89.4 Å². The van der Waals surface area contributed by atoms with Crippen LogP contribution in [0, 0.1) is 24.7 Å². The number of carbonyl (C=O) groups is 3. The SMILES string of the molecule is COCCCOc1cc(C(=O)CC(C)C)ccc1OC.COCCCOc1cc(C(O)CC(C)C)ccc1OC.COCCCOc1cc(C=O)ccc1OC.COc1ccc(C=O)cc1O.[Br-].[CH2-]C(C)C.[Mg+2]. The van der Waals surface area contributed by atoms with Crippen molar-refractivity contribution in [1.82, 2.24) is 0 Å². The van der Waals surface area contributed by atoms with Gasteiger partial charge in [-0.1, -0.05) is 47.6 Å². The summed E-state index contributed by atoms with van der Waals surface area (Å²) in [5, 5.41) is 19.3. The summed E-state index contributed by atoms with van der Waals surface area (Å²) in [6, 6.07) is 20.4. The third-order valence-electron chi connectivity index (χ3n) is 9.26. The van der Waals surface area contributed by atoms with Gasteiger partial charge in [-0.15, -0.1) is 0 Å². The smallest absolute Gasteiger partial charge is 1.00 e. The van der Waals surface area contributed by atoms with Crippen molar-refractivity contribution >= 4 is 41.4 Å². The average molecular weight is 1100 g/mol. The number of phenolic OH excluding ortho intramolecular Hbond substituents is 1. The molecule has 0 aromatic heterocycles. The molecule has 1 atom stereocenters. The molecule has 0 aliphatic heterocycles. The molecule has 406 valence electrons. The number of aromatic hydroxyl groups is 1. The first-order chi connectivity index (χ1) is 34.0. The van der Waals surface area contributed by atoms with Gasteiger partial charge in [0.25, 0.3) is 0 Å². The Balaban J connectivity index is -0.000000879. The molecule has 15 nitrogen and oxygen atoms in total. The van der Waals surface area contributed by atoms with E-state index in [1.807, 2.05) is 32.0 Å². The molecule has 0 bridgehead atoms. The van der Waals surface area contributed by atoms with E-state index in [9.17, 15) is 19.5 Å². The summed E-state index contributed by atoms with van der Waals surface area (Å²) in [7, 11) is 11.2. The Morgan fingerprint density at radius 3 is 1.30 bits per heavy atom. The topological polar surface area (TPSA) is 184 Å². The number of ketones is 1. The Bertz CT molecular complexity index is 2040. The van der Waals surface area contributed by atoms with Crippen LogP contribution in [0.3, 0.4) is 0 Å². The fourth-order valence-electron chi connectivity index (χ4n) is 5.86. The van der Waals surface area contributed by atoms with Crippen LogP contribution in [0.2, 0.25) is 0 Å². The first kappa shape index (κ1) is 72.6. The van der Waals surface area contributed by atoms with Gasteiger partial charge in [0.05, 0.1) is 54.4 Å². The Labute approximate surface area is 462 Å². The van der Waals surface area contributed by atoms with E-state index in [0.717, 1.165) is 37.5 Å². The molecular formula is C56H83BrMgO15. The summed E-state index contributed by atoms with van der Waals surface area (Å²) in [6.45, 7) is 19.6. The summed E-state index contributed by atoms with van der Waals surface area (Å²) in [5.74, 6) is 5.67. The number of halogens is 1. The van der Waals surface area contributed by atoms with Gasteiger partial charge >= 0.3 is 23.1 Å². The second-order valence-electron chi connectivity index (χ2n) is 17.0. The molecule has 73 heavy (non-hydrogen) atoms. The number of hydrogen-bond donors (Lipinski definition) is 2. The standard InChI is InChI=1S/C16H26O4.C16H24O4.C12H16O4.C8H8O3.C4H9.BrH.Mg/c2*1-12(2)10-14(17)13-6-7-15(19-4)16(11-13)20-9-5-8-18-3;1-14-6-3-7-16-12-8-10(9-13)4-5-11(12)15-2;1-11-8-3-2-6(5-9)4-7(8)10;1-4(2)3;;/h6-7,11-12,14,17H,5,8-10H2,1-4H3;6-7,11-12H,5,8-10H2,1-4H3;4-5,8-9H,3,6-7H2,1-2H3;2-5,10H,1H3;4H,1H2,2-3H3;1H;/q;;;;-1;;+2/p-1. The number of aliphatic hydroxyl groups excluding tert-OH is 1. The molecule has 2 N–H and O–H groups in total. The zero-order chi connectivity index (χ0) is 53.6. The zero-order valence-electron chi connectivity index (χ0n) is 45.7. The predicted octanol–water partition coefficient (Wildman–Crippen LogP) is 7.77. The van der Waals surface area contributed by atoms with Crippen molar-refractivity contribution in [3.05, 3.63) is 102 Å². The normalized spacial score (nSPS) is 10.4. The first-order valence-electron chi connectivity index (χ1n) is 23.7. The van der Waals surface area contributed by atoms with Gasteiger partial charge in [-0.05, 0) is 90.6 Å². The molecule has 0 saturated carbocycles. The number of phenols is 1. The van der Waals surface area contributed by atoms with E-state index in [4.69, 9.17) is 52.5 Å². The molecule has 0 heterocycles. The number of rotatable bonds is 27. The Morgan fingerprint density at radius 2 is 0.918 bits per heavy atom. The average Bonchev–Trinajstić information content (AvgIpc) is 3.35. The molecule has 4 rings (SSSR count). The summed E-state index contributed by atoms with van der Waals surface area (Å²) < 4.78 is 52.2. The Morgan fingerprint density at radius 1 is 0.534 bits per heavy atom. The molecule has 0 aliphatic rings. The number of methoxy groups -OCH3 is 7. The Kier molecular flexibility index (Phi) is 44.6. The molecule has 1 unspecified atom stereocenters. The summed E-state index contributed by atoms with van der Waals surface area (Å²) >= 11 is 0. The molecule has 0 aliphatic carbocycles. The van der Waals surface area contributed by atoms with Crippen LogP contribution in [0.15, 0.2) is 72.8 Å². The molecule has 0 radical (unpaired) electrons. The summed E-state index contributed by atoms with van der Waals surface area (Å²) in [6.07, 6.45) is 4.65. The molecule has 0 fully saturated rings. The van der Waals surface area contributed by atoms with Crippen LogP contribution in [-0.4, -0.2) is 141 Å². The van der Waals surface area contributed by atoms with Crippen LogP contribution < -0.4 is 50.1 Å². The minimum absolute atomic E-state index is 0. The summed E-state index contributed by atoms with van der Waals surface area (Å²) in [4.78, 5) is 32.9. The zero-order valence-corrected chi connectivity index (χ0v) is 48.7. The molecule has 4 aromatic rings. The summed E-state index contributed by atoms with van der Waals surface area (Å²) in [5.41, 5.74) is 2.54. The number of hydrogen-bond acceptors (Lipinski definition) is 15. The van der Waals surface area contributed by atoms with Crippen LogP contribution in [-0.2, 0) is 14.2 Å². The molecule has 0 spiro atoms. The van der Waals surface area contributed by atoms with Crippen molar-refractivity contribution in [3.8, 4) is 46.0 Å². The second-order valence-corrected chi connectivity index (χ2v) is 17.0. The Hall–Kier alpha value is -4.62. The van der Waals surface area contributed by atoms with E-state index in [0.29, 0.717) is 127 Å². The van der Waals surface area contributed by atoms with Crippen LogP contribution in [0.1, 0.15) is 116 Å². The number of ether oxygens (including phenoxy) is 10. The predicted molar refractivity (Wildman–Crippen MR) is 285 cm³/mol. The van der Waals surface area contributed by atoms with Crippen LogP contribution in [0.25, 0.3) is 0 Å². The van der Waals surface area contributed by atoms with Gasteiger partial charge < -0.3 is 81.5 Å². The number of aliphatic hydroxyl groups is 1. The van der Waals surface area contributed by atoms with Crippen LogP contribution >= 0.6 is 0 Å². The van der Waals surface area contributed by atoms with Crippen molar-refractivity contribution < 1.29 is 88.9 Å². The largest absolute Gasteiger partial charge is 2.00 e. The third kappa shape index (κ3) is 33.0. The minimum atomic E-state index is -0.470. The van der Waals surface area contributed by atoms with Crippen LogP contribution in [0.4, 0.5) is 0 Å². The van der Waals surface area contributed by atoms with Gasteiger partial charge in [-0.3, -0.25) is 14.4 Å².